The van der Waals surface area contributed by atoms with Gasteiger partial charge in [-0.15, -0.1) is 0 Å². The number of aliphatic hydroxyl groups is 1. The minimum atomic E-state index is -0.729. The van der Waals surface area contributed by atoms with Crippen molar-refractivity contribution in [3.05, 3.63) is 29.8 Å². The zero-order chi connectivity index (χ0) is 17.7. The predicted octanol–water partition coefficient (Wildman–Crippen LogP) is 2.21. The number of amides is 1. The van der Waals surface area contributed by atoms with Gasteiger partial charge >= 0.3 is 0 Å². The zero-order valence-electron chi connectivity index (χ0n) is 15.2. The molecule has 2 N–H and O–H groups in total. The summed E-state index contributed by atoms with van der Waals surface area (Å²) in [6.45, 7) is 9.06. The Labute approximate surface area is 145 Å². The molecule has 2 rings (SSSR count). The smallest absolute Gasteiger partial charge is 0.224 e. The number of methoxy groups -OCH3 is 1. The fourth-order valence-electron chi connectivity index (χ4n) is 3.24. The molecule has 0 bridgehead atoms. The van der Waals surface area contributed by atoms with Crippen LogP contribution in [0.5, 0.6) is 5.75 Å². The summed E-state index contributed by atoms with van der Waals surface area (Å²) in [4.78, 5) is 14.8. The molecule has 3 unspecified atom stereocenters. The zero-order valence-corrected chi connectivity index (χ0v) is 15.2. The monoisotopic (exact) mass is 334 g/mol. The van der Waals surface area contributed by atoms with Crippen LogP contribution in [-0.2, 0) is 4.79 Å². The molecule has 1 heterocycles. The lowest BCUT2D eigenvalue weighted by atomic mass is 10.0. The van der Waals surface area contributed by atoms with Crippen molar-refractivity contribution in [1.29, 1.82) is 0 Å². The van der Waals surface area contributed by atoms with Crippen molar-refractivity contribution >= 4 is 5.91 Å². The molecule has 1 aromatic carbocycles. The number of nitrogens with zero attached hydrogens (tertiary/aromatic N) is 1. The number of rotatable bonds is 7. The first-order valence-electron chi connectivity index (χ1n) is 8.75. The van der Waals surface area contributed by atoms with Crippen molar-refractivity contribution in [2.24, 2.45) is 11.8 Å². The highest BCUT2D eigenvalue weighted by Crippen LogP contribution is 2.22. The van der Waals surface area contributed by atoms with Crippen LogP contribution >= 0.6 is 0 Å². The number of hydrogen-bond acceptors (Lipinski definition) is 4. The van der Waals surface area contributed by atoms with E-state index >= 15 is 0 Å². The first-order chi connectivity index (χ1) is 11.4. The average Bonchev–Trinajstić information content (AvgIpc) is 3.02. The molecule has 134 valence electrons. The van der Waals surface area contributed by atoms with Crippen LogP contribution in [-0.4, -0.2) is 48.7 Å². The molecule has 0 radical (unpaired) electrons. The first-order valence-corrected chi connectivity index (χ1v) is 8.75. The molecule has 1 saturated heterocycles. The van der Waals surface area contributed by atoms with E-state index in [4.69, 9.17) is 4.74 Å². The minimum absolute atomic E-state index is 0.0225. The highest BCUT2D eigenvalue weighted by atomic mass is 16.5. The molecule has 5 heteroatoms. The van der Waals surface area contributed by atoms with Gasteiger partial charge < -0.3 is 20.1 Å². The van der Waals surface area contributed by atoms with Gasteiger partial charge in [0.2, 0.25) is 5.91 Å². The fourth-order valence-corrected chi connectivity index (χ4v) is 3.24. The Morgan fingerprint density at radius 1 is 1.33 bits per heavy atom. The number of nitrogens with one attached hydrogen (secondary N) is 1. The highest BCUT2D eigenvalue weighted by molar-refractivity contribution is 5.79. The van der Waals surface area contributed by atoms with Crippen molar-refractivity contribution in [3.8, 4) is 5.75 Å². The highest BCUT2D eigenvalue weighted by Gasteiger charge is 2.30. The standard InChI is InChI=1S/C19H30N2O3/c1-13(2)11-21-10-9-16(12-21)19(23)20-14(3)18(22)15-5-7-17(24-4)8-6-15/h5-8,13-14,16,18,22H,9-12H2,1-4H3,(H,20,23). The van der Waals surface area contributed by atoms with Gasteiger partial charge in [-0.2, -0.15) is 0 Å². The van der Waals surface area contributed by atoms with Gasteiger partial charge in [-0.05, 0) is 43.5 Å². The quantitative estimate of drug-likeness (QED) is 0.802. The lowest BCUT2D eigenvalue weighted by Gasteiger charge is -2.23. The lowest BCUT2D eigenvalue weighted by molar-refractivity contribution is -0.126. The van der Waals surface area contributed by atoms with Gasteiger partial charge in [0.15, 0.2) is 0 Å². The second-order valence-corrected chi connectivity index (χ2v) is 7.15. The van der Waals surface area contributed by atoms with Crippen LogP contribution in [0.15, 0.2) is 24.3 Å². The summed E-state index contributed by atoms with van der Waals surface area (Å²) in [5.74, 6) is 1.43. The maximum atomic E-state index is 12.5. The Bertz CT molecular complexity index is 530. The summed E-state index contributed by atoms with van der Waals surface area (Å²) in [5.41, 5.74) is 0.774. The molecule has 0 saturated carbocycles. The van der Waals surface area contributed by atoms with Crippen LogP contribution in [0.2, 0.25) is 0 Å². The van der Waals surface area contributed by atoms with E-state index in [0.29, 0.717) is 5.92 Å². The summed E-state index contributed by atoms with van der Waals surface area (Å²) in [5, 5.41) is 13.4. The van der Waals surface area contributed by atoms with Crippen molar-refractivity contribution in [2.45, 2.75) is 39.3 Å². The average molecular weight is 334 g/mol. The maximum absolute atomic E-state index is 12.5. The Balaban J connectivity index is 1.86. The third-order valence-corrected chi connectivity index (χ3v) is 4.57. The number of carbonyl (C=O) groups is 1. The van der Waals surface area contributed by atoms with E-state index < -0.39 is 6.10 Å². The normalized spacial score (nSPS) is 20.8. The van der Waals surface area contributed by atoms with E-state index in [1.54, 1.807) is 7.11 Å². The Morgan fingerprint density at radius 2 is 2.00 bits per heavy atom. The van der Waals surface area contributed by atoms with Gasteiger partial charge in [0.1, 0.15) is 5.75 Å². The summed E-state index contributed by atoms with van der Waals surface area (Å²) in [7, 11) is 1.61. The van der Waals surface area contributed by atoms with E-state index in [-0.39, 0.29) is 17.9 Å². The molecule has 3 atom stereocenters. The van der Waals surface area contributed by atoms with E-state index in [1.165, 1.54) is 0 Å². The SMILES string of the molecule is COc1ccc(C(O)C(C)NC(=O)C2CCN(CC(C)C)C2)cc1. The van der Waals surface area contributed by atoms with Crippen LogP contribution in [0.1, 0.15) is 38.9 Å². The number of carbonyl (C=O) groups excluding carboxylic acids is 1. The Hall–Kier alpha value is -1.59. The summed E-state index contributed by atoms with van der Waals surface area (Å²) < 4.78 is 5.12. The largest absolute Gasteiger partial charge is 0.497 e. The number of benzene rings is 1. The van der Waals surface area contributed by atoms with E-state index in [9.17, 15) is 9.90 Å². The Morgan fingerprint density at radius 3 is 2.58 bits per heavy atom. The van der Waals surface area contributed by atoms with E-state index in [2.05, 4.69) is 24.1 Å². The molecule has 1 amide bonds. The van der Waals surface area contributed by atoms with E-state index in [1.807, 2.05) is 31.2 Å². The molecular weight excluding hydrogens is 304 g/mol. The van der Waals surface area contributed by atoms with Crippen LogP contribution < -0.4 is 10.1 Å². The van der Waals surface area contributed by atoms with Crippen molar-refractivity contribution in [3.63, 3.8) is 0 Å². The van der Waals surface area contributed by atoms with Crippen LogP contribution in [0.25, 0.3) is 0 Å². The molecule has 1 fully saturated rings. The maximum Gasteiger partial charge on any atom is 0.224 e. The van der Waals surface area contributed by atoms with Gasteiger partial charge in [0.05, 0.1) is 25.2 Å². The first kappa shape index (κ1) is 18.7. The van der Waals surface area contributed by atoms with Crippen molar-refractivity contribution in [2.75, 3.05) is 26.7 Å². The molecule has 24 heavy (non-hydrogen) atoms. The molecule has 0 aliphatic carbocycles. The second-order valence-electron chi connectivity index (χ2n) is 7.15. The van der Waals surface area contributed by atoms with Crippen molar-refractivity contribution < 1.29 is 14.6 Å². The Kier molecular flexibility index (Phi) is 6.63. The van der Waals surface area contributed by atoms with Gasteiger partial charge in [-0.3, -0.25) is 4.79 Å². The van der Waals surface area contributed by atoms with Gasteiger partial charge in [0, 0.05) is 13.1 Å². The number of ether oxygens (including phenoxy) is 1. The topological polar surface area (TPSA) is 61.8 Å². The molecule has 0 spiro atoms. The van der Waals surface area contributed by atoms with Gasteiger partial charge in [0.25, 0.3) is 0 Å². The predicted molar refractivity (Wildman–Crippen MR) is 94.9 cm³/mol. The molecular formula is C19H30N2O3. The summed E-state index contributed by atoms with van der Waals surface area (Å²) in [6, 6.07) is 6.95. The van der Waals surface area contributed by atoms with Crippen molar-refractivity contribution in [1.82, 2.24) is 10.2 Å². The number of aliphatic hydroxyl groups excluding tert-OH is 1. The van der Waals surface area contributed by atoms with Crippen LogP contribution in [0.4, 0.5) is 0 Å². The molecule has 1 aliphatic rings. The third kappa shape index (κ3) is 4.95. The molecule has 1 aliphatic heterocycles. The summed E-state index contributed by atoms with van der Waals surface area (Å²) in [6.07, 6.45) is 0.164. The van der Waals surface area contributed by atoms with Gasteiger partial charge in [-0.1, -0.05) is 26.0 Å². The molecule has 1 aromatic rings. The lowest BCUT2D eigenvalue weighted by Crippen LogP contribution is -2.41. The van der Waals surface area contributed by atoms with Crippen LogP contribution in [0.3, 0.4) is 0 Å². The second kappa shape index (κ2) is 8.49. The summed E-state index contributed by atoms with van der Waals surface area (Å²) >= 11 is 0. The minimum Gasteiger partial charge on any atom is -0.497 e. The molecule has 0 aromatic heterocycles. The van der Waals surface area contributed by atoms with E-state index in [0.717, 1.165) is 37.4 Å². The third-order valence-electron chi connectivity index (χ3n) is 4.57. The number of likely N-dealkylation sites (tertiary alicyclic amines) is 1. The van der Waals surface area contributed by atoms with Crippen LogP contribution in [0, 0.1) is 11.8 Å². The van der Waals surface area contributed by atoms with Gasteiger partial charge in [-0.25, -0.2) is 0 Å². The fraction of sp³-hybridized carbons (Fsp3) is 0.632. The molecule has 5 nitrogen and oxygen atoms in total. The number of hydrogen-bond donors (Lipinski definition) is 2.